The van der Waals surface area contributed by atoms with Crippen LogP contribution < -0.4 is 0 Å². The average Bonchev–Trinajstić information content (AvgIpc) is 1.98. The second kappa shape index (κ2) is 5.93. The van der Waals surface area contributed by atoms with Crippen LogP contribution in [-0.2, 0) is 0 Å². The van der Waals surface area contributed by atoms with E-state index in [1.807, 2.05) is 11.8 Å². The Morgan fingerprint density at radius 1 is 1.18 bits per heavy atom. The highest BCUT2D eigenvalue weighted by atomic mass is 32.2. The van der Waals surface area contributed by atoms with E-state index in [0.29, 0.717) is 0 Å². The molecule has 0 aromatic rings. The monoisotopic (exact) mass is 174 g/mol. The third-order valence-corrected chi connectivity index (χ3v) is 3.46. The Morgan fingerprint density at radius 2 is 1.73 bits per heavy atom. The number of hydrogen-bond acceptors (Lipinski definition) is 1. The molecule has 0 heterocycles. The van der Waals surface area contributed by atoms with Crippen molar-refractivity contribution in [1.82, 2.24) is 0 Å². The van der Waals surface area contributed by atoms with Gasteiger partial charge in [0, 0.05) is 5.25 Å². The van der Waals surface area contributed by atoms with Gasteiger partial charge in [0.2, 0.25) is 0 Å². The Hall–Kier alpha value is 0.350. The van der Waals surface area contributed by atoms with Gasteiger partial charge in [-0.25, -0.2) is 0 Å². The highest BCUT2D eigenvalue weighted by Gasteiger charge is 2.14. The van der Waals surface area contributed by atoms with Gasteiger partial charge in [-0.15, -0.1) is 0 Å². The predicted molar refractivity (Wildman–Crippen MR) is 56.2 cm³/mol. The normalized spacial score (nSPS) is 16.9. The first-order valence-corrected chi connectivity index (χ1v) is 5.93. The van der Waals surface area contributed by atoms with Crippen molar-refractivity contribution in [2.75, 3.05) is 6.26 Å². The van der Waals surface area contributed by atoms with Gasteiger partial charge in [-0.3, -0.25) is 0 Å². The Kier molecular flexibility index (Phi) is 6.12. The van der Waals surface area contributed by atoms with Crippen LogP contribution in [0.25, 0.3) is 0 Å². The molecular formula is C10H22S. The van der Waals surface area contributed by atoms with Crippen LogP contribution in [0.5, 0.6) is 0 Å². The summed E-state index contributed by atoms with van der Waals surface area (Å²) < 4.78 is 0. The molecule has 0 fully saturated rings. The van der Waals surface area contributed by atoms with Gasteiger partial charge in [-0.1, -0.05) is 34.1 Å². The summed E-state index contributed by atoms with van der Waals surface area (Å²) in [6.45, 7) is 9.28. The van der Waals surface area contributed by atoms with Crippen molar-refractivity contribution >= 4 is 11.8 Å². The zero-order valence-corrected chi connectivity index (χ0v) is 9.37. The Bertz CT molecular complexity index is 88.9. The van der Waals surface area contributed by atoms with Crippen LogP contribution in [0.3, 0.4) is 0 Å². The minimum absolute atomic E-state index is 0.836. The van der Waals surface area contributed by atoms with E-state index in [1.54, 1.807) is 0 Å². The number of rotatable bonds is 5. The van der Waals surface area contributed by atoms with Gasteiger partial charge in [0.1, 0.15) is 0 Å². The zero-order valence-electron chi connectivity index (χ0n) is 8.55. The number of hydrogen-bond donors (Lipinski definition) is 0. The van der Waals surface area contributed by atoms with Crippen LogP contribution in [0, 0.1) is 11.8 Å². The van der Waals surface area contributed by atoms with Crippen molar-refractivity contribution < 1.29 is 0 Å². The Balaban J connectivity index is 3.74. The van der Waals surface area contributed by atoms with Crippen LogP contribution in [0.4, 0.5) is 0 Å². The van der Waals surface area contributed by atoms with Crippen LogP contribution in [0.2, 0.25) is 0 Å². The lowest BCUT2D eigenvalue weighted by Gasteiger charge is -2.22. The van der Waals surface area contributed by atoms with Crippen LogP contribution in [0.15, 0.2) is 0 Å². The lowest BCUT2D eigenvalue weighted by Crippen LogP contribution is -2.14. The van der Waals surface area contributed by atoms with E-state index in [0.717, 1.165) is 17.1 Å². The smallest absolute Gasteiger partial charge is 0.00442 e. The first-order valence-electron chi connectivity index (χ1n) is 4.64. The zero-order chi connectivity index (χ0) is 8.85. The molecule has 11 heavy (non-hydrogen) atoms. The van der Waals surface area contributed by atoms with Gasteiger partial charge in [-0.2, -0.15) is 11.8 Å². The predicted octanol–water partition coefficient (Wildman–Crippen LogP) is 3.81. The van der Waals surface area contributed by atoms with Crippen molar-refractivity contribution in [3.05, 3.63) is 0 Å². The molecule has 0 N–H and O–H groups in total. The molecule has 1 heteroatoms. The fourth-order valence-corrected chi connectivity index (χ4v) is 2.18. The van der Waals surface area contributed by atoms with Crippen molar-refractivity contribution in [1.29, 1.82) is 0 Å². The molecule has 0 aliphatic heterocycles. The van der Waals surface area contributed by atoms with E-state index >= 15 is 0 Å². The van der Waals surface area contributed by atoms with Crippen LogP contribution in [-0.4, -0.2) is 11.5 Å². The molecular weight excluding hydrogens is 152 g/mol. The second-order valence-corrected chi connectivity index (χ2v) is 4.95. The average molecular weight is 174 g/mol. The third-order valence-electron chi connectivity index (χ3n) is 2.33. The van der Waals surface area contributed by atoms with E-state index in [1.165, 1.54) is 12.8 Å². The SMILES string of the molecule is CCC(CC(C)C)C(C)SC. The van der Waals surface area contributed by atoms with E-state index in [2.05, 4.69) is 34.0 Å². The highest BCUT2D eigenvalue weighted by Crippen LogP contribution is 2.25. The fourth-order valence-electron chi connectivity index (χ4n) is 1.49. The van der Waals surface area contributed by atoms with Crippen molar-refractivity contribution in [2.45, 2.75) is 45.8 Å². The van der Waals surface area contributed by atoms with Gasteiger partial charge >= 0.3 is 0 Å². The minimum atomic E-state index is 0.836. The molecule has 0 aliphatic carbocycles. The lowest BCUT2D eigenvalue weighted by molar-refractivity contribution is 0.397. The summed E-state index contributed by atoms with van der Waals surface area (Å²) >= 11 is 2.00. The first-order chi connectivity index (χ1) is 5.11. The summed E-state index contributed by atoms with van der Waals surface area (Å²) in [5.74, 6) is 1.78. The highest BCUT2D eigenvalue weighted by molar-refractivity contribution is 7.99. The maximum atomic E-state index is 2.35. The summed E-state index contributed by atoms with van der Waals surface area (Å²) in [4.78, 5) is 0. The lowest BCUT2D eigenvalue weighted by atomic mass is 9.92. The van der Waals surface area contributed by atoms with E-state index in [9.17, 15) is 0 Å². The topological polar surface area (TPSA) is 0 Å². The Labute approximate surface area is 76.1 Å². The maximum absolute atomic E-state index is 2.35. The van der Waals surface area contributed by atoms with E-state index < -0.39 is 0 Å². The summed E-state index contributed by atoms with van der Waals surface area (Å²) in [7, 11) is 0. The molecule has 0 spiro atoms. The molecule has 0 nitrogen and oxygen atoms in total. The summed E-state index contributed by atoms with van der Waals surface area (Å²) in [6, 6.07) is 0. The molecule has 0 aromatic carbocycles. The molecule has 0 radical (unpaired) electrons. The molecule has 0 aliphatic rings. The third kappa shape index (κ3) is 4.73. The van der Waals surface area contributed by atoms with Crippen molar-refractivity contribution in [3.63, 3.8) is 0 Å². The molecule has 0 rings (SSSR count). The van der Waals surface area contributed by atoms with Crippen LogP contribution in [0.1, 0.15) is 40.5 Å². The fraction of sp³-hybridized carbons (Fsp3) is 1.00. The molecule has 0 aromatic heterocycles. The van der Waals surface area contributed by atoms with Gasteiger partial charge in [0.25, 0.3) is 0 Å². The van der Waals surface area contributed by atoms with Crippen LogP contribution >= 0.6 is 11.8 Å². The molecule has 0 bridgehead atoms. The van der Waals surface area contributed by atoms with Gasteiger partial charge < -0.3 is 0 Å². The molecule has 2 unspecified atom stereocenters. The largest absolute Gasteiger partial charge is 0.162 e. The van der Waals surface area contributed by atoms with Gasteiger partial charge in [-0.05, 0) is 24.5 Å². The summed E-state index contributed by atoms with van der Waals surface area (Å²) in [6.07, 6.45) is 4.94. The quantitative estimate of drug-likeness (QED) is 0.611. The van der Waals surface area contributed by atoms with E-state index in [-0.39, 0.29) is 0 Å². The standard InChI is InChI=1S/C10H22S/c1-6-10(7-8(2)3)9(4)11-5/h8-10H,6-7H2,1-5H3. The van der Waals surface area contributed by atoms with Gasteiger partial charge in [0.15, 0.2) is 0 Å². The summed E-state index contributed by atoms with van der Waals surface area (Å²) in [5, 5.41) is 0.836. The van der Waals surface area contributed by atoms with Crippen molar-refractivity contribution in [3.8, 4) is 0 Å². The molecule has 0 saturated heterocycles. The van der Waals surface area contributed by atoms with Crippen molar-refractivity contribution in [2.24, 2.45) is 11.8 Å². The first kappa shape index (κ1) is 11.4. The summed E-state index contributed by atoms with van der Waals surface area (Å²) in [5.41, 5.74) is 0. The van der Waals surface area contributed by atoms with E-state index in [4.69, 9.17) is 0 Å². The maximum Gasteiger partial charge on any atom is 0.00442 e. The molecule has 2 atom stereocenters. The molecule has 0 amide bonds. The van der Waals surface area contributed by atoms with Gasteiger partial charge in [0.05, 0.1) is 0 Å². The molecule has 0 saturated carbocycles. The molecule has 68 valence electrons. The Morgan fingerprint density at radius 3 is 2.00 bits per heavy atom. The minimum Gasteiger partial charge on any atom is -0.162 e. The number of thioether (sulfide) groups is 1. The second-order valence-electron chi connectivity index (χ2n) is 3.74.